The minimum Gasteiger partial charge on any atom is -0.284 e. The minimum atomic E-state index is -0.222. The summed E-state index contributed by atoms with van der Waals surface area (Å²) in [7, 11) is 0. The molecule has 0 saturated heterocycles. The van der Waals surface area contributed by atoms with Crippen molar-refractivity contribution in [3.63, 3.8) is 0 Å². The van der Waals surface area contributed by atoms with Gasteiger partial charge in [-0.25, -0.2) is 0 Å². The van der Waals surface area contributed by atoms with Crippen molar-refractivity contribution in [2.75, 3.05) is 4.90 Å². The average molecular weight is 373 g/mol. The average Bonchev–Trinajstić information content (AvgIpc) is 3.35. The van der Waals surface area contributed by atoms with E-state index in [-0.39, 0.29) is 17.2 Å². The van der Waals surface area contributed by atoms with Gasteiger partial charge in [0.1, 0.15) is 5.25 Å². The molecule has 1 fully saturated rings. The van der Waals surface area contributed by atoms with Crippen molar-refractivity contribution in [3.8, 4) is 6.07 Å². The lowest BCUT2D eigenvalue weighted by Crippen LogP contribution is -2.32. The molecule has 0 spiro atoms. The third kappa shape index (κ3) is 4.59. The molecule has 3 rings (SSSR count). The highest BCUT2D eigenvalue weighted by Gasteiger charge is 2.35. The van der Waals surface area contributed by atoms with Gasteiger partial charge in [-0.05, 0) is 31.7 Å². The Balaban J connectivity index is 1.67. The first-order valence-electron chi connectivity index (χ1n) is 8.38. The van der Waals surface area contributed by atoms with E-state index in [2.05, 4.69) is 40.5 Å². The first-order chi connectivity index (χ1) is 12.1. The number of carbonyl (C=O) groups is 1. The van der Waals surface area contributed by atoms with Crippen molar-refractivity contribution in [3.05, 3.63) is 35.4 Å². The van der Waals surface area contributed by atoms with Crippen LogP contribution in [0.15, 0.2) is 28.6 Å². The summed E-state index contributed by atoms with van der Waals surface area (Å²) >= 11 is 2.83. The zero-order chi connectivity index (χ0) is 17.8. The fourth-order valence-electron chi connectivity index (χ4n) is 2.49. The third-order valence-electron chi connectivity index (χ3n) is 4.01. The summed E-state index contributed by atoms with van der Waals surface area (Å²) in [5.74, 6) is 0.0895. The molecule has 1 aromatic carbocycles. The predicted octanol–water partition coefficient (Wildman–Crippen LogP) is 3.98. The molecule has 1 atom stereocenters. The molecule has 0 bridgehead atoms. The van der Waals surface area contributed by atoms with Gasteiger partial charge >= 0.3 is 0 Å². The quantitative estimate of drug-likeness (QED) is 0.543. The molecule has 1 aliphatic carbocycles. The van der Waals surface area contributed by atoms with Crippen LogP contribution in [0.4, 0.5) is 5.13 Å². The first-order valence-corrected chi connectivity index (χ1v) is 10.1. The van der Waals surface area contributed by atoms with Crippen molar-refractivity contribution >= 4 is 34.1 Å². The zero-order valence-corrected chi connectivity index (χ0v) is 15.9. The highest BCUT2D eigenvalue weighted by Crippen LogP contribution is 2.37. The second kappa shape index (κ2) is 7.98. The summed E-state index contributed by atoms with van der Waals surface area (Å²) in [6.07, 6.45) is 3.19. The van der Waals surface area contributed by atoms with Gasteiger partial charge in [-0.3, -0.25) is 9.69 Å². The number of rotatable bonds is 7. The zero-order valence-electron chi connectivity index (χ0n) is 14.3. The summed E-state index contributed by atoms with van der Waals surface area (Å²) < 4.78 is 0.739. The van der Waals surface area contributed by atoms with Crippen molar-refractivity contribution < 1.29 is 4.79 Å². The molecule has 0 aliphatic heterocycles. The van der Waals surface area contributed by atoms with E-state index in [4.69, 9.17) is 0 Å². The van der Waals surface area contributed by atoms with Gasteiger partial charge in [0.15, 0.2) is 4.34 Å². The summed E-state index contributed by atoms with van der Waals surface area (Å²) in [4.78, 5) is 13.9. The first kappa shape index (κ1) is 17.9. The van der Waals surface area contributed by atoms with Gasteiger partial charge in [0.25, 0.3) is 0 Å². The van der Waals surface area contributed by atoms with E-state index >= 15 is 0 Å². The Morgan fingerprint density at radius 2 is 2.12 bits per heavy atom. The van der Waals surface area contributed by atoms with E-state index in [1.807, 2.05) is 13.8 Å². The number of aromatic nitrogens is 2. The lowest BCUT2D eigenvalue weighted by Gasteiger charge is -2.17. The largest absolute Gasteiger partial charge is 0.284 e. The third-order valence-corrected chi connectivity index (χ3v) is 6.11. The monoisotopic (exact) mass is 372 g/mol. The molecule has 0 radical (unpaired) electrons. The molecule has 1 saturated carbocycles. The van der Waals surface area contributed by atoms with E-state index in [1.165, 1.54) is 28.7 Å². The molecular weight excluding hydrogens is 352 g/mol. The van der Waals surface area contributed by atoms with Crippen LogP contribution in [-0.4, -0.2) is 27.4 Å². The van der Waals surface area contributed by atoms with E-state index < -0.39 is 0 Å². The molecule has 130 valence electrons. The summed E-state index contributed by atoms with van der Waals surface area (Å²) in [6.45, 7) is 3.91. The molecule has 1 aromatic heterocycles. The van der Waals surface area contributed by atoms with Crippen LogP contribution in [0.3, 0.4) is 0 Å². The van der Waals surface area contributed by atoms with E-state index in [9.17, 15) is 10.1 Å². The second-order valence-corrected chi connectivity index (χ2v) is 8.53. The van der Waals surface area contributed by atoms with Crippen LogP contribution in [0, 0.1) is 18.3 Å². The van der Waals surface area contributed by atoms with Gasteiger partial charge in [-0.1, -0.05) is 59.9 Å². The molecule has 0 N–H and O–H groups in total. The van der Waals surface area contributed by atoms with Crippen LogP contribution in [0.2, 0.25) is 0 Å². The van der Waals surface area contributed by atoms with Crippen molar-refractivity contribution in [1.29, 1.82) is 5.26 Å². The van der Waals surface area contributed by atoms with Gasteiger partial charge < -0.3 is 0 Å². The number of nitriles is 1. The van der Waals surface area contributed by atoms with Gasteiger partial charge in [0.2, 0.25) is 11.0 Å². The molecule has 1 amide bonds. The Labute approximate surface area is 156 Å². The Hall–Kier alpha value is -1.91. The number of aryl methyl sites for hydroxylation is 1. The van der Waals surface area contributed by atoms with Crippen LogP contribution in [0.5, 0.6) is 0 Å². The van der Waals surface area contributed by atoms with E-state index in [1.54, 1.807) is 4.90 Å². The second-order valence-electron chi connectivity index (χ2n) is 6.12. The van der Waals surface area contributed by atoms with Crippen LogP contribution in [-0.2, 0) is 11.2 Å². The molecule has 5 nitrogen and oxygen atoms in total. The Morgan fingerprint density at radius 3 is 2.72 bits per heavy atom. The maximum atomic E-state index is 12.2. The van der Waals surface area contributed by atoms with E-state index in [0.29, 0.717) is 18.0 Å². The number of carbonyl (C=O) groups excluding carboxylic acids is 1. The van der Waals surface area contributed by atoms with Gasteiger partial charge in [-0.2, -0.15) is 5.26 Å². The molecule has 7 heteroatoms. The number of hydrogen-bond donors (Lipinski definition) is 0. The van der Waals surface area contributed by atoms with E-state index in [0.717, 1.165) is 22.7 Å². The smallest absolute Gasteiger partial charge is 0.228 e. The summed E-state index contributed by atoms with van der Waals surface area (Å²) in [5, 5.41) is 18.3. The van der Waals surface area contributed by atoms with Crippen molar-refractivity contribution in [2.24, 2.45) is 0 Å². The predicted molar refractivity (Wildman–Crippen MR) is 101 cm³/mol. The topological polar surface area (TPSA) is 69.9 Å². The van der Waals surface area contributed by atoms with Crippen LogP contribution < -0.4 is 4.90 Å². The Bertz CT molecular complexity index is 777. The molecule has 1 aliphatic rings. The highest BCUT2D eigenvalue weighted by atomic mass is 32.2. The van der Waals surface area contributed by atoms with Gasteiger partial charge in [0.05, 0.1) is 6.07 Å². The molecule has 25 heavy (non-hydrogen) atoms. The van der Waals surface area contributed by atoms with Crippen LogP contribution in [0.25, 0.3) is 0 Å². The van der Waals surface area contributed by atoms with Gasteiger partial charge in [-0.15, -0.1) is 10.2 Å². The molecule has 1 heterocycles. The highest BCUT2D eigenvalue weighted by molar-refractivity contribution is 8.01. The lowest BCUT2D eigenvalue weighted by atomic mass is 10.1. The number of benzene rings is 1. The number of thioether (sulfide) groups is 1. The van der Waals surface area contributed by atoms with Crippen molar-refractivity contribution in [2.45, 2.75) is 55.2 Å². The molecule has 1 unspecified atom stereocenters. The number of hydrogen-bond acceptors (Lipinski definition) is 6. The van der Waals surface area contributed by atoms with Crippen LogP contribution >= 0.6 is 23.1 Å². The van der Waals surface area contributed by atoms with Crippen LogP contribution in [0.1, 0.15) is 37.3 Å². The fraction of sp³-hybridized carbons (Fsp3) is 0.444. The maximum absolute atomic E-state index is 12.2. The normalized spacial score (nSPS) is 14.8. The molecule has 2 aromatic rings. The number of nitrogens with zero attached hydrogens (tertiary/aromatic N) is 4. The van der Waals surface area contributed by atoms with Gasteiger partial charge in [0, 0.05) is 12.5 Å². The number of anilines is 1. The summed E-state index contributed by atoms with van der Waals surface area (Å²) in [5.41, 5.74) is 2.34. The SMILES string of the molecule is CCC(=O)N(c1nnc(SC(C#N)Cc2ccc(C)cc2)s1)C1CC1. The molecular formula is C18H20N4OS2. The Morgan fingerprint density at radius 1 is 1.40 bits per heavy atom. The summed E-state index contributed by atoms with van der Waals surface area (Å²) in [6, 6.07) is 10.8. The Kier molecular flexibility index (Phi) is 5.71. The lowest BCUT2D eigenvalue weighted by molar-refractivity contribution is -0.118. The van der Waals surface area contributed by atoms with Crippen molar-refractivity contribution in [1.82, 2.24) is 10.2 Å². The number of amides is 1. The minimum absolute atomic E-state index is 0.0895. The standard InChI is InChI=1S/C18H20N4OS2/c1-3-16(23)22(14-8-9-14)17-20-21-18(25-17)24-15(11-19)10-13-6-4-12(2)5-7-13/h4-7,14-15H,3,8-10H2,1-2H3. The maximum Gasteiger partial charge on any atom is 0.228 e. The fourth-order valence-corrected chi connectivity index (χ4v) is 4.58.